The molecule has 1 aliphatic rings. The minimum absolute atomic E-state index is 0.0826. The lowest BCUT2D eigenvalue weighted by molar-refractivity contribution is 0.0977. The highest BCUT2D eigenvalue weighted by atomic mass is 32.2. The van der Waals surface area contributed by atoms with Crippen LogP contribution in [0.2, 0.25) is 0 Å². The van der Waals surface area contributed by atoms with Gasteiger partial charge in [0.25, 0.3) is 5.91 Å². The maximum Gasteiger partial charge on any atom is 0.257 e. The number of amides is 1. The van der Waals surface area contributed by atoms with Gasteiger partial charge in [-0.05, 0) is 80.5 Å². The molecule has 0 aliphatic carbocycles. The third-order valence-electron chi connectivity index (χ3n) is 4.99. The van der Waals surface area contributed by atoms with Crippen molar-refractivity contribution >= 4 is 38.9 Å². The molecule has 1 amide bonds. The van der Waals surface area contributed by atoms with Gasteiger partial charge in [-0.15, -0.1) is 0 Å². The molecule has 34 heavy (non-hydrogen) atoms. The molecule has 3 N–H and O–H groups in total. The standard InChI is InChI=1S/C23H29N3O6S2/c1-2-30-14-15-32-19-9-5-17(6-10-19)22(27)26-23(33)25-18-7-11-21(12-8-18)34(28,29)24-16-20-4-3-13-31-20/h5-12,20,24H,2-4,13-16H2,1H3,(H2,25,26,27,33). The van der Waals surface area contributed by atoms with Gasteiger partial charge < -0.3 is 19.5 Å². The van der Waals surface area contributed by atoms with Crippen LogP contribution in [0.25, 0.3) is 0 Å². The lowest BCUT2D eigenvalue weighted by Crippen LogP contribution is -2.34. The molecule has 1 fully saturated rings. The van der Waals surface area contributed by atoms with Crippen LogP contribution in [0.3, 0.4) is 0 Å². The molecule has 2 aromatic carbocycles. The van der Waals surface area contributed by atoms with Gasteiger partial charge in [-0.25, -0.2) is 13.1 Å². The third-order valence-corrected chi connectivity index (χ3v) is 6.64. The number of hydrogen-bond acceptors (Lipinski definition) is 7. The van der Waals surface area contributed by atoms with Gasteiger partial charge in [-0.2, -0.15) is 0 Å². The molecule has 0 aromatic heterocycles. The van der Waals surface area contributed by atoms with Crippen LogP contribution in [0.4, 0.5) is 5.69 Å². The first-order valence-electron chi connectivity index (χ1n) is 11.0. The van der Waals surface area contributed by atoms with Crippen molar-refractivity contribution < 1.29 is 27.4 Å². The topological polar surface area (TPSA) is 115 Å². The van der Waals surface area contributed by atoms with Crippen molar-refractivity contribution in [3.63, 3.8) is 0 Å². The van der Waals surface area contributed by atoms with Gasteiger partial charge in [0.15, 0.2) is 5.11 Å². The van der Waals surface area contributed by atoms with Gasteiger partial charge in [0, 0.05) is 31.0 Å². The summed E-state index contributed by atoms with van der Waals surface area (Å²) < 4.78 is 43.7. The van der Waals surface area contributed by atoms with E-state index in [4.69, 9.17) is 26.4 Å². The SMILES string of the molecule is CCOCCOc1ccc(C(=O)NC(=S)Nc2ccc(S(=O)(=O)NCC3CCCO3)cc2)cc1. The van der Waals surface area contributed by atoms with Crippen molar-refractivity contribution in [2.24, 2.45) is 0 Å². The molecule has 1 saturated heterocycles. The van der Waals surface area contributed by atoms with Crippen LogP contribution in [0.5, 0.6) is 5.75 Å². The second-order valence-corrected chi connectivity index (χ2v) is 9.66. The number of rotatable bonds is 11. The van der Waals surface area contributed by atoms with E-state index in [0.717, 1.165) is 12.8 Å². The Balaban J connectivity index is 1.47. The highest BCUT2D eigenvalue weighted by Crippen LogP contribution is 2.16. The average molecular weight is 508 g/mol. The Morgan fingerprint density at radius 1 is 1.12 bits per heavy atom. The Bertz CT molecular complexity index is 1050. The lowest BCUT2D eigenvalue weighted by atomic mass is 10.2. The molecular formula is C23H29N3O6S2. The van der Waals surface area contributed by atoms with Crippen molar-refractivity contribution in [3.05, 3.63) is 54.1 Å². The number of anilines is 1. The van der Waals surface area contributed by atoms with Crippen LogP contribution >= 0.6 is 12.2 Å². The van der Waals surface area contributed by atoms with E-state index < -0.39 is 10.0 Å². The van der Waals surface area contributed by atoms with E-state index in [2.05, 4.69) is 15.4 Å². The van der Waals surface area contributed by atoms with Gasteiger partial charge >= 0.3 is 0 Å². The van der Waals surface area contributed by atoms with Crippen molar-refractivity contribution in [2.75, 3.05) is 38.3 Å². The van der Waals surface area contributed by atoms with Crippen molar-refractivity contribution in [2.45, 2.75) is 30.8 Å². The van der Waals surface area contributed by atoms with Gasteiger partial charge in [-0.3, -0.25) is 10.1 Å². The number of carbonyl (C=O) groups is 1. The fourth-order valence-corrected chi connectivity index (χ4v) is 4.49. The smallest absolute Gasteiger partial charge is 0.257 e. The van der Waals surface area contributed by atoms with Crippen LogP contribution in [0.15, 0.2) is 53.4 Å². The summed E-state index contributed by atoms with van der Waals surface area (Å²) in [4.78, 5) is 12.6. The molecule has 1 unspecified atom stereocenters. The molecule has 184 valence electrons. The first kappa shape index (κ1) is 26.0. The van der Waals surface area contributed by atoms with E-state index in [0.29, 0.717) is 43.4 Å². The number of sulfonamides is 1. The van der Waals surface area contributed by atoms with E-state index in [9.17, 15) is 13.2 Å². The fourth-order valence-electron chi connectivity index (χ4n) is 3.21. The summed E-state index contributed by atoms with van der Waals surface area (Å²) in [7, 11) is -3.64. The Labute approximate surface area is 205 Å². The monoisotopic (exact) mass is 507 g/mol. The number of thiocarbonyl (C=S) groups is 1. The van der Waals surface area contributed by atoms with E-state index in [-0.39, 0.29) is 28.6 Å². The predicted molar refractivity (Wildman–Crippen MR) is 133 cm³/mol. The largest absolute Gasteiger partial charge is 0.491 e. The summed E-state index contributed by atoms with van der Waals surface area (Å²) in [5, 5.41) is 5.56. The summed E-state index contributed by atoms with van der Waals surface area (Å²) in [5.74, 6) is 0.258. The van der Waals surface area contributed by atoms with Gasteiger partial charge in [0.05, 0.1) is 17.6 Å². The van der Waals surface area contributed by atoms with Crippen molar-refractivity contribution in [1.29, 1.82) is 0 Å². The zero-order chi connectivity index (χ0) is 24.4. The number of hydrogen-bond donors (Lipinski definition) is 3. The minimum atomic E-state index is -3.64. The maximum atomic E-state index is 12.5. The Morgan fingerprint density at radius 2 is 1.85 bits per heavy atom. The molecule has 0 saturated carbocycles. The van der Waals surface area contributed by atoms with E-state index in [1.807, 2.05) is 6.92 Å². The van der Waals surface area contributed by atoms with Gasteiger partial charge in [-0.1, -0.05) is 0 Å². The number of nitrogens with one attached hydrogen (secondary N) is 3. The Kier molecular flexibility index (Phi) is 9.78. The second kappa shape index (κ2) is 12.8. The summed E-state index contributed by atoms with van der Waals surface area (Å²) in [6.45, 7) is 4.39. The predicted octanol–water partition coefficient (Wildman–Crippen LogP) is 2.69. The van der Waals surface area contributed by atoms with Crippen molar-refractivity contribution in [1.82, 2.24) is 10.0 Å². The van der Waals surface area contributed by atoms with Crippen LogP contribution in [-0.4, -0.2) is 58.5 Å². The molecule has 0 spiro atoms. The zero-order valence-electron chi connectivity index (χ0n) is 18.9. The highest BCUT2D eigenvalue weighted by Gasteiger charge is 2.20. The summed E-state index contributed by atoms with van der Waals surface area (Å²) in [6, 6.07) is 12.8. The molecule has 1 heterocycles. The molecule has 0 bridgehead atoms. The molecular weight excluding hydrogens is 478 g/mol. The highest BCUT2D eigenvalue weighted by molar-refractivity contribution is 7.89. The number of benzene rings is 2. The molecule has 11 heteroatoms. The minimum Gasteiger partial charge on any atom is -0.491 e. The number of carbonyl (C=O) groups excluding carboxylic acids is 1. The summed E-state index contributed by atoms with van der Waals surface area (Å²) >= 11 is 5.20. The first-order chi connectivity index (χ1) is 16.4. The molecule has 1 aliphatic heterocycles. The average Bonchev–Trinajstić information content (AvgIpc) is 3.35. The maximum absolute atomic E-state index is 12.5. The second-order valence-electron chi connectivity index (χ2n) is 7.49. The van der Waals surface area contributed by atoms with E-state index in [1.165, 1.54) is 12.1 Å². The van der Waals surface area contributed by atoms with Crippen LogP contribution in [0, 0.1) is 0 Å². The Hall–Kier alpha value is -2.57. The normalized spacial score (nSPS) is 15.6. The summed E-state index contributed by atoms with van der Waals surface area (Å²) in [5.41, 5.74) is 0.960. The van der Waals surface area contributed by atoms with Crippen LogP contribution < -0.4 is 20.1 Å². The van der Waals surface area contributed by atoms with E-state index in [1.54, 1.807) is 36.4 Å². The zero-order valence-corrected chi connectivity index (χ0v) is 20.5. The summed E-state index contributed by atoms with van der Waals surface area (Å²) in [6.07, 6.45) is 1.71. The first-order valence-corrected chi connectivity index (χ1v) is 12.9. The fraction of sp³-hybridized carbons (Fsp3) is 0.391. The van der Waals surface area contributed by atoms with Crippen molar-refractivity contribution in [3.8, 4) is 5.75 Å². The molecule has 2 aromatic rings. The van der Waals surface area contributed by atoms with Gasteiger partial charge in [0.2, 0.25) is 10.0 Å². The molecule has 9 nitrogen and oxygen atoms in total. The molecule has 0 radical (unpaired) electrons. The molecule has 3 rings (SSSR count). The van der Waals surface area contributed by atoms with E-state index >= 15 is 0 Å². The lowest BCUT2D eigenvalue weighted by Gasteiger charge is -2.13. The Morgan fingerprint density at radius 3 is 2.50 bits per heavy atom. The third kappa shape index (κ3) is 8.03. The number of ether oxygens (including phenoxy) is 3. The van der Waals surface area contributed by atoms with Crippen LogP contribution in [0.1, 0.15) is 30.1 Å². The quantitative estimate of drug-likeness (QED) is 0.314. The molecule has 1 atom stereocenters. The van der Waals surface area contributed by atoms with Crippen LogP contribution in [-0.2, 0) is 19.5 Å². The van der Waals surface area contributed by atoms with Gasteiger partial charge in [0.1, 0.15) is 12.4 Å².